The molecule has 21 heavy (non-hydrogen) atoms. The Morgan fingerprint density at radius 2 is 1.81 bits per heavy atom. The smallest absolute Gasteiger partial charge is 0.0473 e. The Morgan fingerprint density at radius 3 is 2.62 bits per heavy atom. The predicted molar refractivity (Wildman–Crippen MR) is 91.9 cm³/mol. The molecule has 100 valence electrons. The summed E-state index contributed by atoms with van der Waals surface area (Å²) < 4.78 is 0. The summed E-state index contributed by atoms with van der Waals surface area (Å²) >= 11 is 3.38. The second kappa shape index (κ2) is 5.25. The standard InChI is InChI=1S/C18H11NS2/c1-2-14(5-4-13-6-8-20-11-13)16-10-18(19-17(16)3-1)15-7-9-21-12-15/h1-3,6-12,19H. The van der Waals surface area contributed by atoms with E-state index in [9.17, 15) is 0 Å². The molecule has 0 unspecified atom stereocenters. The molecule has 1 N–H and O–H groups in total. The molecule has 4 rings (SSSR count). The molecule has 1 nitrogen and oxygen atoms in total. The lowest BCUT2D eigenvalue weighted by Crippen LogP contribution is -1.76. The van der Waals surface area contributed by atoms with Crippen molar-refractivity contribution in [2.75, 3.05) is 0 Å². The molecular weight excluding hydrogens is 294 g/mol. The lowest BCUT2D eigenvalue weighted by atomic mass is 10.1. The Balaban J connectivity index is 1.83. The van der Waals surface area contributed by atoms with Crippen LogP contribution in [-0.2, 0) is 0 Å². The quantitative estimate of drug-likeness (QED) is 0.456. The van der Waals surface area contributed by atoms with Crippen LogP contribution in [0.2, 0.25) is 0 Å². The number of aromatic amines is 1. The van der Waals surface area contributed by atoms with E-state index in [0.717, 1.165) is 22.3 Å². The number of aromatic nitrogens is 1. The number of benzene rings is 1. The molecule has 0 aliphatic rings. The molecule has 3 heteroatoms. The third-order valence-corrected chi connectivity index (χ3v) is 4.73. The Kier molecular flexibility index (Phi) is 3.11. The van der Waals surface area contributed by atoms with E-state index < -0.39 is 0 Å². The van der Waals surface area contributed by atoms with Crippen molar-refractivity contribution in [3.05, 3.63) is 69.0 Å². The molecule has 3 aromatic heterocycles. The number of thiophene rings is 2. The Hall–Kier alpha value is -2.28. The summed E-state index contributed by atoms with van der Waals surface area (Å²) in [7, 11) is 0. The van der Waals surface area contributed by atoms with Gasteiger partial charge in [0.25, 0.3) is 0 Å². The maximum absolute atomic E-state index is 3.47. The largest absolute Gasteiger partial charge is 0.354 e. The molecule has 1 aromatic carbocycles. The monoisotopic (exact) mass is 305 g/mol. The highest BCUT2D eigenvalue weighted by molar-refractivity contribution is 7.08. The first-order valence-electron chi connectivity index (χ1n) is 6.59. The fourth-order valence-electron chi connectivity index (χ4n) is 2.31. The van der Waals surface area contributed by atoms with Gasteiger partial charge in [-0.25, -0.2) is 0 Å². The van der Waals surface area contributed by atoms with Crippen LogP contribution in [0.15, 0.2) is 57.9 Å². The minimum absolute atomic E-state index is 1.07. The molecule has 0 aliphatic carbocycles. The molecule has 0 radical (unpaired) electrons. The maximum atomic E-state index is 3.47. The van der Waals surface area contributed by atoms with Crippen LogP contribution in [0.25, 0.3) is 22.2 Å². The van der Waals surface area contributed by atoms with E-state index in [1.165, 1.54) is 10.9 Å². The van der Waals surface area contributed by atoms with Crippen LogP contribution in [0.5, 0.6) is 0 Å². The van der Waals surface area contributed by atoms with Crippen molar-refractivity contribution in [2.24, 2.45) is 0 Å². The van der Waals surface area contributed by atoms with Gasteiger partial charge in [-0.05, 0) is 41.1 Å². The third kappa shape index (κ3) is 2.40. The Bertz CT molecular complexity index is 932. The van der Waals surface area contributed by atoms with Gasteiger partial charge in [0.1, 0.15) is 0 Å². The lowest BCUT2D eigenvalue weighted by molar-refractivity contribution is 1.47. The molecule has 0 aliphatic heterocycles. The van der Waals surface area contributed by atoms with E-state index in [-0.39, 0.29) is 0 Å². The van der Waals surface area contributed by atoms with Crippen molar-refractivity contribution in [1.29, 1.82) is 0 Å². The topological polar surface area (TPSA) is 15.8 Å². The first kappa shape index (κ1) is 12.5. The predicted octanol–water partition coefficient (Wildman–Crippen LogP) is 5.36. The molecule has 0 fully saturated rings. The van der Waals surface area contributed by atoms with Crippen molar-refractivity contribution >= 4 is 33.6 Å². The van der Waals surface area contributed by atoms with Crippen LogP contribution >= 0.6 is 22.7 Å². The van der Waals surface area contributed by atoms with Crippen LogP contribution in [-0.4, -0.2) is 4.98 Å². The fourth-order valence-corrected chi connectivity index (χ4v) is 3.56. The SMILES string of the molecule is C(#Cc1cccc2[nH]c(-c3ccsc3)cc12)c1ccsc1. The Labute approximate surface area is 130 Å². The van der Waals surface area contributed by atoms with Gasteiger partial charge in [0, 0.05) is 44.0 Å². The van der Waals surface area contributed by atoms with E-state index in [0.29, 0.717) is 0 Å². The number of nitrogens with one attached hydrogen (secondary N) is 1. The fraction of sp³-hybridized carbons (Fsp3) is 0. The van der Waals surface area contributed by atoms with Gasteiger partial charge in [-0.1, -0.05) is 17.9 Å². The molecule has 0 atom stereocenters. The molecule has 0 saturated heterocycles. The molecule has 3 heterocycles. The van der Waals surface area contributed by atoms with Crippen LogP contribution in [0, 0.1) is 11.8 Å². The first-order valence-corrected chi connectivity index (χ1v) is 8.47. The molecule has 0 amide bonds. The summed E-state index contributed by atoms with van der Waals surface area (Å²) in [6.45, 7) is 0. The lowest BCUT2D eigenvalue weighted by Gasteiger charge is -1.92. The van der Waals surface area contributed by atoms with E-state index in [1.54, 1.807) is 22.7 Å². The molecule has 4 aromatic rings. The van der Waals surface area contributed by atoms with Crippen molar-refractivity contribution < 1.29 is 0 Å². The number of hydrogen-bond acceptors (Lipinski definition) is 2. The minimum Gasteiger partial charge on any atom is -0.354 e. The van der Waals surface area contributed by atoms with Gasteiger partial charge >= 0.3 is 0 Å². The highest BCUT2D eigenvalue weighted by Crippen LogP contribution is 2.27. The van der Waals surface area contributed by atoms with Gasteiger partial charge in [-0.15, -0.1) is 0 Å². The van der Waals surface area contributed by atoms with Gasteiger partial charge in [0.05, 0.1) is 0 Å². The van der Waals surface area contributed by atoms with Crippen LogP contribution in [0.1, 0.15) is 11.1 Å². The molecule has 0 saturated carbocycles. The average Bonchev–Trinajstić information content (AvgIpc) is 3.23. The van der Waals surface area contributed by atoms with Crippen LogP contribution in [0.4, 0.5) is 0 Å². The van der Waals surface area contributed by atoms with Gasteiger partial charge in [-0.2, -0.15) is 22.7 Å². The molecule has 0 bridgehead atoms. The van der Waals surface area contributed by atoms with Crippen molar-refractivity contribution in [3.63, 3.8) is 0 Å². The summed E-state index contributed by atoms with van der Waals surface area (Å²) in [5.41, 5.74) is 5.65. The van der Waals surface area contributed by atoms with Gasteiger partial charge in [-0.3, -0.25) is 0 Å². The number of fused-ring (bicyclic) bond motifs is 1. The van der Waals surface area contributed by atoms with Crippen LogP contribution in [0.3, 0.4) is 0 Å². The normalized spacial score (nSPS) is 10.5. The molecule has 0 spiro atoms. The van der Waals surface area contributed by atoms with E-state index in [4.69, 9.17) is 0 Å². The summed E-state index contributed by atoms with van der Waals surface area (Å²) in [5, 5.41) is 9.55. The first-order chi connectivity index (χ1) is 10.4. The maximum Gasteiger partial charge on any atom is 0.0473 e. The second-order valence-electron chi connectivity index (χ2n) is 4.72. The number of H-pyrrole nitrogens is 1. The van der Waals surface area contributed by atoms with Crippen molar-refractivity contribution in [2.45, 2.75) is 0 Å². The minimum atomic E-state index is 1.07. The summed E-state index contributed by atoms with van der Waals surface area (Å²) in [4.78, 5) is 3.47. The number of hydrogen-bond donors (Lipinski definition) is 1. The zero-order valence-corrected chi connectivity index (χ0v) is 12.7. The van der Waals surface area contributed by atoms with E-state index >= 15 is 0 Å². The number of rotatable bonds is 1. The zero-order chi connectivity index (χ0) is 14.1. The van der Waals surface area contributed by atoms with Crippen molar-refractivity contribution in [1.82, 2.24) is 4.98 Å². The summed E-state index contributed by atoms with van der Waals surface area (Å²) in [6, 6.07) is 12.6. The summed E-state index contributed by atoms with van der Waals surface area (Å²) in [6.07, 6.45) is 0. The van der Waals surface area contributed by atoms with Crippen molar-refractivity contribution in [3.8, 4) is 23.1 Å². The Morgan fingerprint density at radius 1 is 0.905 bits per heavy atom. The van der Waals surface area contributed by atoms with Gasteiger partial charge in [0.15, 0.2) is 0 Å². The van der Waals surface area contributed by atoms with Crippen LogP contribution < -0.4 is 0 Å². The highest BCUT2D eigenvalue weighted by atomic mass is 32.1. The zero-order valence-electron chi connectivity index (χ0n) is 11.1. The average molecular weight is 305 g/mol. The van der Waals surface area contributed by atoms with Gasteiger partial charge < -0.3 is 4.98 Å². The van der Waals surface area contributed by atoms with Gasteiger partial charge in [0.2, 0.25) is 0 Å². The van der Waals surface area contributed by atoms with E-state index in [2.05, 4.69) is 62.6 Å². The second-order valence-corrected chi connectivity index (χ2v) is 6.28. The van der Waals surface area contributed by atoms with E-state index in [1.807, 2.05) is 12.1 Å². The third-order valence-electron chi connectivity index (χ3n) is 3.36. The highest BCUT2D eigenvalue weighted by Gasteiger charge is 2.06. The summed E-state index contributed by atoms with van der Waals surface area (Å²) in [5.74, 6) is 6.51. The molecular formula is C18H11NS2.